The molecule has 0 amide bonds. The highest BCUT2D eigenvalue weighted by Gasteiger charge is 2.18. The first-order valence-electron chi connectivity index (χ1n) is 5.26. The van der Waals surface area contributed by atoms with Gasteiger partial charge in [-0.25, -0.2) is 0 Å². The molecular weight excluding hydrogens is 286 g/mol. The lowest BCUT2D eigenvalue weighted by atomic mass is 9.93. The van der Waals surface area contributed by atoms with Crippen LogP contribution in [0.1, 0.15) is 24.9 Å². The molecule has 0 heterocycles. The summed E-state index contributed by atoms with van der Waals surface area (Å²) in [7, 11) is 1.59. The van der Waals surface area contributed by atoms with Crippen molar-refractivity contribution in [3.63, 3.8) is 0 Å². The molecule has 94 valence electrons. The molecule has 0 spiro atoms. The maximum atomic E-state index is 10.6. The van der Waals surface area contributed by atoms with E-state index in [1.54, 1.807) is 7.11 Å². The van der Waals surface area contributed by atoms with Crippen molar-refractivity contribution in [1.29, 1.82) is 0 Å². The van der Waals surface area contributed by atoms with E-state index in [0.717, 1.165) is 15.8 Å². The summed E-state index contributed by atoms with van der Waals surface area (Å²) in [5.41, 5.74) is 6.92. The molecule has 5 heteroatoms. The number of hydrogen-bond acceptors (Lipinski definition) is 3. The first-order valence-corrected chi connectivity index (χ1v) is 6.05. The summed E-state index contributed by atoms with van der Waals surface area (Å²) < 4.78 is 5.94. The zero-order valence-electron chi connectivity index (χ0n) is 9.81. The number of methoxy groups -OCH3 is 1. The Morgan fingerprint density at radius 1 is 1.59 bits per heavy atom. The molecule has 2 unspecified atom stereocenters. The molecule has 0 saturated carbocycles. The Balaban J connectivity index is 2.85. The van der Waals surface area contributed by atoms with Crippen LogP contribution in [0.25, 0.3) is 0 Å². The van der Waals surface area contributed by atoms with E-state index in [9.17, 15) is 4.79 Å². The van der Waals surface area contributed by atoms with Gasteiger partial charge in [0, 0.05) is 12.5 Å². The Morgan fingerprint density at radius 2 is 2.24 bits per heavy atom. The molecule has 1 rings (SSSR count). The number of carbonyl (C=O) groups is 1. The number of benzene rings is 1. The molecule has 0 aliphatic carbocycles. The molecule has 4 nitrogen and oxygen atoms in total. The van der Waals surface area contributed by atoms with Crippen LogP contribution in [0.15, 0.2) is 22.7 Å². The van der Waals surface area contributed by atoms with Gasteiger partial charge in [0.2, 0.25) is 0 Å². The van der Waals surface area contributed by atoms with E-state index in [4.69, 9.17) is 15.6 Å². The summed E-state index contributed by atoms with van der Waals surface area (Å²) in [6, 6.07) is 5.23. The summed E-state index contributed by atoms with van der Waals surface area (Å²) in [4.78, 5) is 10.6. The van der Waals surface area contributed by atoms with Crippen LogP contribution >= 0.6 is 15.9 Å². The van der Waals surface area contributed by atoms with Gasteiger partial charge in [-0.2, -0.15) is 0 Å². The highest BCUT2D eigenvalue weighted by atomic mass is 79.9. The Labute approximate surface area is 109 Å². The zero-order chi connectivity index (χ0) is 13.0. The van der Waals surface area contributed by atoms with Crippen LogP contribution in [0.5, 0.6) is 5.75 Å². The second kappa shape index (κ2) is 6.02. The van der Waals surface area contributed by atoms with Gasteiger partial charge in [0.15, 0.2) is 0 Å². The van der Waals surface area contributed by atoms with E-state index < -0.39 is 5.97 Å². The van der Waals surface area contributed by atoms with Crippen molar-refractivity contribution in [2.24, 2.45) is 11.7 Å². The Hall–Kier alpha value is -1.07. The first kappa shape index (κ1) is 14.0. The fourth-order valence-corrected chi connectivity index (χ4v) is 2.18. The van der Waals surface area contributed by atoms with E-state index in [1.165, 1.54) is 0 Å². The molecular formula is C12H16BrNO3. The maximum Gasteiger partial charge on any atom is 0.303 e. The average molecular weight is 302 g/mol. The monoisotopic (exact) mass is 301 g/mol. The predicted molar refractivity (Wildman–Crippen MR) is 69.0 cm³/mol. The molecule has 0 aromatic heterocycles. The molecule has 17 heavy (non-hydrogen) atoms. The standard InChI is InChI=1S/C12H16BrNO3/c1-7(5-11(15)16)12(14)8-3-4-10(17-2)9(13)6-8/h3-4,6-7,12H,5,14H2,1-2H3,(H,15,16). The normalized spacial score (nSPS) is 14.1. The van der Waals surface area contributed by atoms with Crippen LogP contribution in [-0.4, -0.2) is 18.2 Å². The quantitative estimate of drug-likeness (QED) is 0.877. The second-order valence-electron chi connectivity index (χ2n) is 3.99. The van der Waals surface area contributed by atoms with Crippen LogP contribution in [0.4, 0.5) is 0 Å². The van der Waals surface area contributed by atoms with Gasteiger partial charge >= 0.3 is 5.97 Å². The number of ether oxygens (including phenoxy) is 1. The summed E-state index contributed by atoms with van der Waals surface area (Å²) in [5.74, 6) is -0.222. The largest absolute Gasteiger partial charge is 0.496 e. The van der Waals surface area contributed by atoms with Crippen LogP contribution in [0.3, 0.4) is 0 Å². The molecule has 3 N–H and O–H groups in total. The number of nitrogens with two attached hydrogens (primary N) is 1. The number of carboxylic acid groups (broad SMARTS) is 1. The molecule has 0 fully saturated rings. The Morgan fingerprint density at radius 3 is 2.71 bits per heavy atom. The fourth-order valence-electron chi connectivity index (χ4n) is 1.62. The highest BCUT2D eigenvalue weighted by Crippen LogP contribution is 2.30. The lowest BCUT2D eigenvalue weighted by Crippen LogP contribution is -2.21. The fraction of sp³-hybridized carbons (Fsp3) is 0.417. The van der Waals surface area contributed by atoms with Crippen molar-refractivity contribution >= 4 is 21.9 Å². The van der Waals surface area contributed by atoms with Crippen molar-refractivity contribution in [2.75, 3.05) is 7.11 Å². The average Bonchev–Trinajstić information content (AvgIpc) is 2.27. The van der Waals surface area contributed by atoms with Crippen molar-refractivity contribution in [3.8, 4) is 5.75 Å². The summed E-state index contributed by atoms with van der Waals surface area (Å²) in [5, 5.41) is 8.73. The Bertz CT molecular complexity index is 409. The molecule has 0 aliphatic heterocycles. The number of carboxylic acids is 1. The van der Waals surface area contributed by atoms with E-state index in [0.29, 0.717) is 0 Å². The second-order valence-corrected chi connectivity index (χ2v) is 4.85. The number of hydrogen-bond donors (Lipinski definition) is 2. The van der Waals surface area contributed by atoms with Gasteiger partial charge in [-0.3, -0.25) is 4.79 Å². The number of aliphatic carboxylic acids is 1. The molecule has 0 saturated heterocycles. The lowest BCUT2D eigenvalue weighted by molar-refractivity contribution is -0.138. The highest BCUT2D eigenvalue weighted by molar-refractivity contribution is 9.10. The molecule has 1 aromatic rings. The van der Waals surface area contributed by atoms with E-state index in [1.807, 2.05) is 25.1 Å². The number of rotatable bonds is 5. The van der Waals surface area contributed by atoms with Gasteiger partial charge < -0.3 is 15.6 Å². The third-order valence-electron chi connectivity index (χ3n) is 2.67. The Kier molecular flexibility index (Phi) is 4.96. The minimum atomic E-state index is -0.833. The zero-order valence-corrected chi connectivity index (χ0v) is 11.4. The molecule has 0 bridgehead atoms. The smallest absolute Gasteiger partial charge is 0.303 e. The van der Waals surface area contributed by atoms with E-state index in [2.05, 4.69) is 15.9 Å². The minimum absolute atomic E-state index is 0.0603. The van der Waals surface area contributed by atoms with Gasteiger partial charge in [0.25, 0.3) is 0 Å². The summed E-state index contributed by atoms with van der Waals surface area (Å²) in [6.45, 7) is 1.83. The third-order valence-corrected chi connectivity index (χ3v) is 3.29. The van der Waals surface area contributed by atoms with Gasteiger partial charge in [-0.05, 0) is 39.5 Å². The van der Waals surface area contributed by atoms with Gasteiger partial charge in [-0.15, -0.1) is 0 Å². The van der Waals surface area contributed by atoms with Crippen molar-refractivity contribution < 1.29 is 14.6 Å². The molecule has 0 radical (unpaired) electrons. The SMILES string of the molecule is COc1ccc(C(N)C(C)CC(=O)O)cc1Br. The third kappa shape index (κ3) is 3.71. The lowest BCUT2D eigenvalue weighted by Gasteiger charge is -2.19. The molecule has 1 aromatic carbocycles. The number of halogens is 1. The predicted octanol–water partition coefficient (Wildman–Crippen LogP) is 2.57. The van der Waals surface area contributed by atoms with Crippen molar-refractivity contribution in [2.45, 2.75) is 19.4 Å². The maximum absolute atomic E-state index is 10.6. The van der Waals surface area contributed by atoms with Crippen LogP contribution in [-0.2, 0) is 4.79 Å². The van der Waals surface area contributed by atoms with Crippen molar-refractivity contribution in [3.05, 3.63) is 28.2 Å². The van der Waals surface area contributed by atoms with Gasteiger partial charge in [-0.1, -0.05) is 13.0 Å². The minimum Gasteiger partial charge on any atom is -0.496 e. The van der Waals surface area contributed by atoms with E-state index >= 15 is 0 Å². The van der Waals surface area contributed by atoms with Crippen LogP contribution < -0.4 is 10.5 Å². The van der Waals surface area contributed by atoms with Crippen LogP contribution in [0.2, 0.25) is 0 Å². The summed E-state index contributed by atoms with van der Waals surface area (Å²) in [6.07, 6.45) is 0.0603. The van der Waals surface area contributed by atoms with Gasteiger partial charge in [0.05, 0.1) is 11.6 Å². The van der Waals surface area contributed by atoms with Crippen molar-refractivity contribution in [1.82, 2.24) is 0 Å². The van der Waals surface area contributed by atoms with Crippen LogP contribution in [0, 0.1) is 5.92 Å². The molecule has 0 aliphatic rings. The molecule has 2 atom stereocenters. The topological polar surface area (TPSA) is 72.5 Å². The summed E-state index contributed by atoms with van der Waals surface area (Å²) >= 11 is 3.38. The van der Waals surface area contributed by atoms with Gasteiger partial charge in [0.1, 0.15) is 5.75 Å². The van der Waals surface area contributed by atoms with E-state index in [-0.39, 0.29) is 18.4 Å². The first-order chi connectivity index (χ1) is 7.95.